The summed E-state index contributed by atoms with van der Waals surface area (Å²) < 4.78 is 0. The largest absolute Gasteiger partial charge is 0.334 e. The van der Waals surface area contributed by atoms with Gasteiger partial charge in [-0.25, -0.2) is 4.98 Å². The first-order valence-electron chi connectivity index (χ1n) is 9.55. The van der Waals surface area contributed by atoms with Crippen LogP contribution in [-0.4, -0.2) is 27.3 Å². The lowest BCUT2D eigenvalue weighted by Crippen LogP contribution is -2.39. The summed E-state index contributed by atoms with van der Waals surface area (Å²) in [6, 6.07) is 7.92. The quantitative estimate of drug-likeness (QED) is 0.810. The van der Waals surface area contributed by atoms with Gasteiger partial charge in [-0.05, 0) is 37.5 Å². The van der Waals surface area contributed by atoms with Gasteiger partial charge < -0.3 is 9.88 Å². The number of benzene rings is 1. The normalized spacial score (nSPS) is 13.5. The molecular formula is C21H27N3O2. The van der Waals surface area contributed by atoms with Crippen LogP contribution in [0.25, 0.3) is 0 Å². The molecule has 0 spiro atoms. The van der Waals surface area contributed by atoms with E-state index in [4.69, 9.17) is 0 Å². The molecule has 3 rings (SSSR count). The summed E-state index contributed by atoms with van der Waals surface area (Å²) in [5, 5.41) is 0. The zero-order valence-corrected chi connectivity index (χ0v) is 15.7. The molecule has 1 aliphatic rings. The van der Waals surface area contributed by atoms with Gasteiger partial charge in [-0.3, -0.25) is 9.59 Å². The summed E-state index contributed by atoms with van der Waals surface area (Å²) in [6.07, 6.45) is 6.66. The van der Waals surface area contributed by atoms with E-state index < -0.39 is 0 Å². The second kappa shape index (κ2) is 8.30. The Morgan fingerprint density at radius 1 is 1.19 bits per heavy atom. The molecule has 2 aromatic rings. The Morgan fingerprint density at radius 2 is 1.96 bits per heavy atom. The van der Waals surface area contributed by atoms with Gasteiger partial charge in [0.1, 0.15) is 5.82 Å². The molecule has 5 heteroatoms. The molecule has 138 valence electrons. The molecule has 1 amide bonds. The van der Waals surface area contributed by atoms with E-state index in [1.165, 1.54) is 31.2 Å². The van der Waals surface area contributed by atoms with E-state index in [-0.39, 0.29) is 11.5 Å². The number of aromatic nitrogens is 2. The minimum absolute atomic E-state index is 0.0202. The Bertz CT molecular complexity index is 824. The summed E-state index contributed by atoms with van der Waals surface area (Å²) in [4.78, 5) is 33.8. The summed E-state index contributed by atoms with van der Waals surface area (Å²) in [7, 11) is 0. The highest BCUT2D eigenvalue weighted by Crippen LogP contribution is 2.17. The highest BCUT2D eigenvalue weighted by atomic mass is 16.2. The average molecular weight is 353 g/mol. The SMILES string of the molecule is CCCCCCc1ccc(C(=O)N2CCc3nc(C)[nH]c(=O)c3C2)cc1. The van der Waals surface area contributed by atoms with Crippen LogP contribution in [0, 0.1) is 6.92 Å². The number of nitrogens with zero attached hydrogens (tertiary/aromatic N) is 2. The van der Waals surface area contributed by atoms with Crippen LogP contribution >= 0.6 is 0 Å². The maximum atomic E-state index is 12.8. The maximum absolute atomic E-state index is 12.8. The first-order chi connectivity index (χ1) is 12.6. The van der Waals surface area contributed by atoms with Crippen molar-refractivity contribution in [2.75, 3.05) is 6.54 Å². The fourth-order valence-electron chi connectivity index (χ4n) is 3.48. The van der Waals surface area contributed by atoms with Crippen LogP contribution in [0.1, 0.15) is 65.6 Å². The van der Waals surface area contributed by atoms with E-state index in [1.807, 2.05) is 12.1 Å². The lowest BCUT2D eigenvalue weighted by molar-refractivity contribution is 0.0732. The molecular weight excluding hydrogens is 326 g/mol. The van der Waals surface area contributed by atoms with Crippen LogP contribution in [-0.2, 0) is 19.4 Å². The van der Waals surface area contributed by atoms with Crippen LogP contribution in [0.4, 0.5) is 0 Å². The summed E-state index contributed by atoms with van der Waals surface area (Å²) in [6.45, 7) is 4.92. The topological polar surface area (TPSA) is 66.1 Å². The van der Waals surface area contributed by atoms with Gasteiger partial charge in [0.25, 0.3) is 11.5 Å². The van der Waals surface area contributed by atoms with Gasteiger partial charge in [-0.15, -0.1) is 0 Å². The number of nitrogens with one attached hydrogen (secondary N) is 1. The van der Waals surface area contributed by atoms with Crippen molar-refractivity contribution in [1.29, 1.82) is 0 Å². The van der Waals surface area contributed by atoms with Gasteiger partial charge in [0.15, 0.2) is 0 Å². The highest BCUT2D eigenvalue weighted by molar-refractivity contribution is 5.94. The van der Waals surface area contributed by atoms with Gasteiger partial charge in [0, 0.05) is 18.5 Å². The predicted molar refractivity (Wildman–Crippen MR) is 102 cm³/mol. The minimum Gasteiger partial charge on any atom is -0.334 e. The Kier molecular flexibility index (Phi) is 5.86. The fourth-order valence-corrected chi connectivity index (χ4v) is 3.48. The van der Waals surface area contributed by atoms with Gasteiger partial charge in [-0.2, -0.15) is 0 Å². The number of hydrogen-bond acceptors (Lipinski definition) is 3. The molecule has 0 saturated heterocycles. The molecule has 1 aromatic heterocycles. The molecule has 0 saturated carbocycles. The monoisotopic (exact) mass is 353 g/mol. The zero-order chi connectivity index (χ0) is 18.5. The van der Waals surface area contributed by atoms with E-state index in [1.54, 1.807) is 11.8 Å². The Balaban J connectivity index is 1.65. The van der Waals surface area contributed by atoms with Crippen molar-refractivity contribution < 1.29 is 4.79 Å². The predicted octanol–water partition coefficient (Wildman–Crippen LogP) is 3.40. The third-order valence-electron chi connectivity index (χ3n) is 4.99. The number of rotatable bonds is 6. The van der Waals surface area contributed by atoms with E-state index in [0.717, 1.165) is 12.1 Å². The molecule has 5 nitrogen and oxygen atoms in total. The van der Waals surface area contributed by atoms with Crippen LogP contribution in [0.5, 0.6) is 0 Å². The number of unbranched alkanes of at least 4 members (excludes halogenated alkanes) is 3. The number of carbonyl (C=O) groups excluding carboxylic acids is 1. The van der Waals surface area contributed by atoms with E-state index >= 15 is 0 Å². The van der Waals surface area contributed by atoms with Crippen molar-refractivity contribution in [3.8, 4) is 0 Å². The number of aromatic amines is 1. The molecule has 0 aliphatic carbocycles. The molecule has 1 aromatic carbocycles. The molecule has 0 radical (unpaired) electrons. The van der Waals surface area contributed by atoms with Crippen LogP contribution in [0.3, 0.4) is 0 Å². The van der Waals surface area contributed by atoms with Crippen LogP contribution in [0.15, 0.2) is 29.1 Å². The average Bonchev–Trinajstić information content (AvgIpc) is 2.65. The summed E-state index contributed by atoms with van der Waals surface area (Å²) in [5.74, 6) is 0.608. The summed E-state index contributed by atoms with van der Waals surface area (Å²) >= 11 is 0. The van der Waals surface area contributed by atoms with Crippen molar-refractivity contribution in [2.24, 2.45) is 0 Å². The van der Waals surface area contributed by atoms with E-state index in [9.17, 15) is 9.59 Å². The Labute approximate surface area is 154 Å². The van der Waals surface area contributed by atoms with Crippen molar-refractivity contribution in [2.45, 2.75) is 58.9 Å². The molecule has 26 heavy (non-hydrogen) atoms. The highest BCUT2D eigenvalue weighted by Gasteiger charge is 2.24. The van der Waals surface area contributed by atoms with Gasteiger partial charge in [0.2, 0.25) is 0 Å². The number of aryl methyl sites for hydroxylation is 2. The first kappa shape index (κ1) is 18.4. The minimum atomic E-state index is -0.132. The molecule has 1 aliphatic heterocycles. The second-order valence-electron chi connectivity index (χ2n) is 7.06. The number of fused-ring (bicyclic) bond motifs is 1. The lowest BCUT2D eigenvalue weighted by atomic mass is 10.0. The molecule has 0 fully saturated rings. The van der Waals surface area contributed by atoms with Crippen molar-refractivity contribution >= 4 is 5.91 Å². The van der Waals surface area contributed by atoms with E-state index in [2.05, 4.69) is 29.0 Å². The molecule has 0 atom stereocenters. The van der Waals surface area contributed by atoms with Gasteiger partial charge in [0.05, 0.1) is 17.8 Å². The van der Waals surface area contributed by atoms with Gasteiger partial charge in [-0.1, -0.05) is 38.3 Å². The molecule has 0 unspecified atom stereocenters. The number of H-pyrrole nitrogens is 1. The number of hydrogen-bond donors (Lipinski definition) is 1. The van der Waals surface area contributed by atoms with Crippen molar-refractivity contribution in [1.82, 2.24) is 14.9 Å². The number of amides is 1. The molecule has 1 N–H and O–H groups in total. The lowest BCUT2D eigenvalue weighted by Gasteiger charge is -2.27. The first-order valence-corrected chi connectivity index (χ1v) is 9.55. The number of carbonyl (C=O) groups is 1. The second-order valence-corrected chi connectivity index (χ2v) is 7.06. The molecule has 2 heterocycles. The smallest absolute Gasteiger partial charge is 0.256 e. The zero-order valence-electron chi connectivity index (χ0n) is 15.7. The third-order valence-corrected chi connectivity index (χ3v) is 4.99. The van der Waals surface area contributed by atoms with Gasteiger partial charge >= 0.3 is 0 Å². The standard InChI is InChI=1S/C21H27N3O2/c1-3-4-5-6-7-16-8-10-17(11-9-16)21(26)24-13-12-19-18(14-24)20(25)23-15(2)22-19/h8-11H,3-7,12-14H2,1-2H3,(H,22,23,25). The van der Waals surface area contributed by atoms with Crippen LogP contribution < -0.4 is 5.56 Å². The van der Waals surface area contributed by atoms with E-state index in [0.29, 0.717) is 36.5 Å². The summed E-state index contributed by atoms with van der Waals surface area (Å²) in [5.41, 5.74) is 3.26. The fraction of sp³-hybridized carbons (Fsp3) is 0.476. The molecule has 0 bridgehead atoms. The van der Waals surface area contributed by atoms with Crippen molar-refractivity contribution in [3.05, 3.63) is 62.8 Å². The third kappa shape index (κ3) is 4.21. The Hall–Kier alpha value is -2.43. The van der Waals surface area contributed by atoms with Crippen LogP contribution in [0.2, 0.25) is 0 Å². The Morgan fingerprint density at radius 3 is 2.69 bits per heavy atom. The maximum Gasteiger partial charge on any atom is 0.256 e. The van der Waals surface area contributed by atoms with Crippen molar-refractivity contribution in [3.63, 3.8) is 0 Å².